The van der Waals surface area contributed by atoms with E-state index < -0.39 is 10.0 Å². The lowest BCUT2D eigenvalue weighted by Gasteiger charge is -2.37. The van der Waals surface area contributed by atoms with Gasteiger partial charge < -0.3 is 4.74 Å². The summed E-state index contributed by atoms with van der Waals surface area (Å²) in [4.78, 5) is 4.33. The molecule has 1 saturated heterocycles. The Morgan fingerprint density at radius 3 is 2.31 bits per heavy atom. The van der Waals surface area contributed by atoms with Gasteiger partial charge in [0.15, 0.2) is 0 Å². The number of sulfonamides is 1. The maximum absolute atomic E-state index is 12.7. The monoisotopic (exact) mass is 371 g/mol. The van der Waals surface area contributed by atoms with Crippen molar-refractivity contribution in [2.75, 3.05) is 13.1 Å². The molecule has 1 aliphatic heterocycles. The van der Waals surface area contributed by atoms with Crippen molar-refractivity contribution in [1.82, 2.24) is 9.29 Å². The normalized spacial score (nSPS) is 15.9. The topological polar surface area (TPSA) is 83.3 Å². The van der Waals surface area contributed by atoms with Gasteiger partial charge in [0.05, 0.1) is 23.5 Å². The molecule has 6 nitrogen and oxygen atoms in total. The van der Waals surface area contributed by atoms with Crippen LogP contribution < -0.4 is 4.74 Å². The fourth-order valence-corrected chi connectivity index (χ4v) is 4.14. The number of rotatable bonds is 4. The lowest BCUT2D eigenvalue weighted by atomic mass is 9.87. The van der Waals surface area contributed by atoms with Crippen LogP contribution in [0.25, 0.3) is 0 Å². The van der Waals surface area contributed by atoms with Crippen molar-refractivity contribution in [1.29, 1.82) is 5.26 Å². The first-order valence-corrected chi connectivity index (χ1v) is 9.78. The second-order valence-electron chi connectivity index (χ2n) is 7.33. The van der Waals surface area contributed by atoms with E-state index in [1.807, 2.05) is 18.2 Å². The smallest absolute Gasteiger partial charge is 0.243 e. The molecule has 26 heavy (non-hydrogen) atoms. The molecular weight excluding hydrogens is 350 g/mol. The molecular formula is C19H21N3O3S. The number of nitrogens with zero attached hydrogens (tertiary/aromatic N) is 3. The molecule has 136 valence electrons. The molecule has 0 radical (unpaired) electrons. The van der Waals surface area contributed by atoms with E-state index in [9.17, 15) is 8.42 Å². The van der Waals surface area contributed by atoms with Gasteiger partial charge in [0.2, 0.25) is 15.9 Å². The van der Waals surface area contributed by atoms with E-state index in [2.05, 4.69) is 25.8 Å². The summed E-state index contributed by atoms with van der Waals surface area (Å²) < 4.78 is 32.4. The van der Waals surface area contributed by atoms with Crippen molar-refractivity contribution >= 4 is 10.0 Å². The van der Waals surface area contributed by atoms with Crippen LogP contribution in [0.5, 0.6) is 5.88 Å². The third-order valence-corrected chi connectivity index (χ3v) is 6.17. The Morgan fingerprint density at radius 1 is 1.15 bits per heavy atom. The molecule has 0 spiro atoms. The molecule has 0 N–H and O–H groups in total. The molecule has 0 aliphatic carbocycles. The van der Waals surface area contributed by atoms with Crippen LogP contribution in [-0.2, 0) is 15.4 Å². The van der Waals surface area contributed by atoms with Crippen LogP contribution in [0.15, 0.2) is 47.5 Å². The summed E-state index contributed by atoms with van der Waals surface area (Å²) in [5.74, 6) is 0.389. The molecule has 0 amide bonds. The fraction of sp³-hybridized carbons (Fsp3) is 0.368. The zero-order chi connectivity index (χ0) is 18.9. The SMILES string of the molecule is CC(C)(C)c1ccc(S(=O)(=O)N2CC(Oc3ccc(C#N)cn3)C2)cc1. The first kappa shape index (κ1) is 18.4. The van der Waals surface area contributed by atoms with Gasteiger partial charge in [0.1, 0.15) is 12.2 Å². The van der Waals surface area contributed by atoms with Crippen LogP contribution in [0.4, 0.5) is 0 Å². The van der Waals surface area contributed by atoms with Crippen LogP contribution in [0, 0.1) is 11.3 Å². The number of hydrogen-bond acceptors (Lipinski definition) is 5. The van der Waals surface area contributed by atoms with Gasteiger partial charge in [0.25, 0.3) is 0 Å². The van der Waals surface area contributed by atoms with E-state index in [1.54, 1.807) is 24.3 Å². The van der Waals surface area contributed by atoms with Crippen LogP contribution in [0.2, 0.25) is 0 Å². The highest BCUT2D eigenvalue weighted by Crippen LogP contribution is 2.27. The molecule has 0 saturated carbocycles. The van der Waals surface area contributed by atoms with E-state index in [1.165, 1.54) is 10.5 Å². The average molecular weight is 371 g/mol. The molecule has 1 aromatic heterocycles. The van der Waals surface area contributed by atoms with E-state index in [0.29, 0.717) is 16.3 Å². The van der Waals surface area contributed by atoms with E-state index in [-0.39, 0.29) is 24.6 Å². The minimum absolute atomic E-state index is 0.0217. The highest BCUT2D eigenvalue weighted by atomic mass is 32.2. The predicted molar refractivity (Wildman–Crippen MR) is 97.3 cm³/mol. The van der Waals surface area contributed by atoms with Gasteiger partial charge in [-0.25, -0.2) is 13.4 Å². The third-order valence-electron chi connectivity index (χ3n) is 4.33. The van der Waals surface area contributed by atoms with Crippen LogP contribution in [0.1, 0.15) is 31.9 Å². The first-order chi connectivity index (χ1) is 12.2. The Labute approximate surface area is 154 Å². The van der Waals surface area contributed by atoms with E-state index >= 15 is 0 Å². The van der Waals surface area contributed by atoms with Gasteiger partial charge in [-0.3, -0.25) is 0 Å². The second-order valence-corrected chi connectivity index (χ2v) is 9.27. The van der Waals surface area contributed by atoms with Crippen molar-refractivity contribution in [3.05, 3.63) is 53.7 Å². The number of benzene rings is 1. The van der Waals surface area contributed by atoms with Gasteiger partial charge in [-0.1, -0.05) is 32.9 Å². The van der Waals surface area contributed by atoms with Crippen molar-refractivity contribution in [3.8, 4) is 11.9 Å². The highest BCUT2D eigenvalue weighted by molar-refractivity contribution is 7.89. The number of nitriles is 1. The minimum Gasteiger partial charge on any atom is -0.472 e. The minimum atomic E-state index is -3.51. The lowest BCUT2D eigenvalue weighted by Crippen LogP contribution is -2.56. The highest BCUT2D eigenvalue weighted by Gasteiger charge is 2.38. The maximum Gasteiger partial charge on any atom is 0.243 e. The summed E-state index contributed by atoms with van der Waals surface area (Å²) in [5, 5.41) is 8.76. The summed E-state index contributed by atoms with van der Waals surface area (Å²) in [5.41, 5.74) is 1.52. The molecule has 2 aromatic rings. The van der Waals surface area contributed by atoms with Crippen molar-refractivity contribution in [2.24, 2.45) is 0 Å². The van der Waals surface area contributed by atoms with Crippen LogP contribution >= 0.6 is 0 Å². The van der Waals surface area contributed by atoms with Gasteiger partial charge in [-0.05, 0) is 29.2 Å². The van der Waals surface area contributed by atoms with Crippen molar-refractivity contribution < 1.29 is 13.2 Å². The molecule has 1 aromatic carbocycles. The number of pyridine rings is 1. The number of ether oxygens (including phenoxy) is 1. The Bertz CT molecular complexity index is 918. The molecule has 0 atom stereocenters. The summed E-state index contributed by atoms with van der Waals surface area (Å²) in [6.45, 7) is 6.83. The average Bonchev–Trinajstić information content (AvgIpc) is 2.57. The summed E-state index contributed by atoms with van der Waals surface area (Å²) in [6.07, 6.45) is 1.19. The van der Waals surface area contributed by atoms with Gasteiger partial charge in [-0.2, -0.15) is 9.57 Å². The number of hydrogen-bond donors (Lipinski definition) is 0. The lowest BCUT2D eigenvalue weighted by molar-refractivity contribution is 0.0721. The van der Waals surface area contributed by atoms with Gasteiger partial charge in [-0.15, -0.1) is 0 Å². The summed E-state index contributed by atoms with van der Waals surface area (Å²) in [7, 11) is -3.51. The van der Waals surface area contributed by atoms with E-state index in [0.717, 1.165) is 5.56 Å². The predicted octanol–water partition coefficient (Wildman–Crippen LogP) is 2.70. The molecule has 1 fully saturated rings. The van der Waals surface area contributed by atoms with Crippen LogP contribution in [0.3, 0.4) is 0 Å². The largest absolute Gasteiger partial charge is 0.472 e. The Morgan fingerprint density at radius 2 is 1.81 bits per heavy atom. The van der Waals surface area contributed by atoms with Crippen molar-refractivity contribution in [2.45, 2.75) is 37.2 Å². The Balaban J connectivity index is 1.63. The summed E-state index contributed by atoms with van der Waals surface area (Å²) in [6, 6.07) is 12.3. The molecule has 0 bridgehead atoms. The molecule has 1 aliphatic rings. The summed E-state index contributed by atoms with van der Waals surface area (Å²) >= 11 is 0. The zero-order valence-electron chi connectivity index (χ0n) is 15.0. The van der Waals surface area contributed by atoms with Crippen LogP contribution in [-0.4, -0.2) is 36.9 Å². The van der Waals surface area contributed by atoms with Crippen molar-refractivity contribution in [3.63, 3.8) is 0 Å². The quantitative estimate of drug-likeness (QED) is 0.825. The molecule has 7 heteroatoms. The number of aromatic nitrogens is 1. The molecule has 3 rings (SSSR count). The standard InChI is InChI=1S/C19H21N3O3S/c1-19(2,3)15-5-7-17(8-6-15)26(23,24)22-12-16(13-22)25-18-9-4-14(10-20)11-21-18/h4-9,11,16H,12-13H2,1-3H3. The second kappa shape index (κ2) is 6.71. The Kier molecular flexibility index (Phi) is 4.74. The zero-order valence-corrected chi connectivity index (χ0v) is 15.8. The maximum atomic E-state index is 12.7. The molecule has 0 unspecified atom stereocenters. The van der Waals surface area contributed by atoms with Gasteiger partial charge in [0, 0.05) is 12.3 Å². The van der Waals surface area contributed by atoms with Gasteiger partial charge >= 0.3 is 0 Å². The Hall–Kier alpha value is -2.43. The first-order valence-electron chi connectivity index (χ1n) is 8.33. The molecule has 2 heterocycles. The van der Waals surface area contributed by atoms with E-state index in [4.69, 9.17) is 10.00 Å². The fourth-order valence-electron chi connectivity index (χ4n) is 2.63. The third kappa shape index (κ3) is 3.71.